The Labute approximate surface area is 231 Å². The van der Waals surface area contributed by atoms with Crippen LogP contribution in [0, 0.1) is 0 Å². The van der Waals surface area contributed by atoms with Crippen molar-refractivity contribution in [2.75, 3.05) is 32.8 Å². The summed E-state index contributed by atoms with van der Waals surface area (Å²) in [5.41, 5.74) is 0.966. The Bertz CT molecular complexity index is 1000. The largest absolute Gasteiger partial charge is 0.445 e. The first-order chi connectivity index (χ1) is 18.9. The Morgan fingerprint density at radius 1 is 1.13 bits per heavy atom. The molecule has 0 bridgehead atoms. The van der Waals surface area contributed by atoms with Crippen LogP contribution in [0.1, 0.15) is 52.0 Å². The summed E-state index contributed by atoms with van der Waals surface area (Å²) >= 11 is 0. The van der Waals surface area contributed by atoms with Crippen LogP contribution >= 0.6 is 0 Å². The molecular formula is C28H42N6O5. The van der Waals surface area contributed by atoms with Gasteiger partial charge in [-0.15, -0.1) is 0 Å². The van der Waals surface area contributed by atoms with Crippen LogP contribution in [0.4, 0.5) is 9.59 Å². The molecule has 3 rings (SSSR count). The summed E-state index contributed by atoms with van der Waals surface area (Å²) in [6.07, 6.45) is 2.64. The second-order valence-electron chi connectivity index (χ2n) is 9.68. The molecule has 214 valence electrons. The minimum absolute atomic E-state index is 0.00417. The van der Waals surface area contributed by atoms with Gasteiger partial charge in [0.05, 0.1) is 13.1 Å². The topological polar surface area (TPSA) is 115 Å². The number of carbonyl (C=O) groups is 4. The molecule has 0 unspecified atom stereocenters. The molecule has 1 aromatic carbocycles. The third kappa shape index (κ3) is 7.29. The number of nitrogens with one attached hydrogen (secondary N) is 2. The van der Waals surface area contributed by atoms with E-state index in [0.29, 0.717) is 32.5 Å². The maximum Gasteiger partial charge on any atom is 0.407 e. The number of ether oxygens (including phenoxy) is 1. The van der Waals surface area contributed by atoms with E-state index in [1.807, 2.05) is 56.0 Å². The molecule has 2 N–H and O–H groups in total. The maximum atomic E-state index is 13.8. The number of likely N-dealkylation sites (N-methyl/N-ethyl adjacent to an activating group) is 1. The van der Waals surface area contributed by atoms with Gasteiger partial charge in [-0.25, -0.2) is 19.6 Å². The second-order valence-corrected chi connectivity index (χ2v) is 9.68. The molecule has 11 nitrogen and oxygen atoms in total. The van der Waals surface area contributed by atoms with Gasteiger partial charge in [0.2, 0.25) is 11.8 Å². The number of nitrogens with zero attached hydrogens (tertiary/aromatic N) is 4. The van der Waals surface area contributed by atoms with E-state index in [0.717, 1.165) is 18.4 Å². The third-order valence-corrected chi connectivity index (χ3v) is 7.28. The van der Waals surface area contributed by atoms with Gasteiger partial charge >= 0.3 is 12.1 Å². The zero-order valence-electron chi connectivity index (χ0n) is 23.3. The molecule has 0 saturated carbocycles. The van der Waals surface area contributed by atoms with Crippen LogP contribution in [0.25, 0.3) is 0 Å². The molecular weight excluding hydrogens is 500 g/mol. The molecule has 11 heteroatoms. The number of amides is 5. The molecule has 2 saturated heterocycles. The fraction of sp³-hybridized carbons (Fsp3) is 0.571. The van der Waals surface area contributed by atoms with Crippen LogP contribution in [0.5, 0.6) is 0 Å². The minimum atomic E-state index is -0.730. The summed E-state index contributed by atoms with van der Waals surface area (Å²) in [5, 5.41) is 9.03. The summed E-state index contributed by atoms with van der Waals surface area (Å²) in [5.74, 6) is -0.299. The van der Waals surface area contributed by atoms with Crippen LogP contribution in [-0.4, -0.2) is 94.8 Å². The lowest BCUT2D eigenvalue weighted by atomic mass is 9.98. The Morgan fingerprint density at radius 2 is 1.85 bits per heavy atom. The number of benzene rings is 1. The van der Waals surface area contributed by atoms with Gasteiger partial charge in [-0.3, -0.25) is 9.59 Å². The molecule has 39 heavy (non-hydrogen) atoms. The van der Waals surface area contributed by atoms with E-state index in [1.165, 1.54) is 6.08 Å². The Balaban J connectivity index is 1.83. The average Bonchev–Trinajstić information content (AvgIpc) is 2.95. The van der Waals surface area contributed by atoms with Gasteiger partial charge in [-0.2, -0.15) is 0 Å². The Morgan fingerprint density at radius 3 is 2.49 bits per heavy atom. The number of hydrazine groups is 1. The normalized spacial score (nSPS) is 19.6. The summed E-state index contributed by atoms with van der Waals surface area (Å²) in [6, 6.07) is 8.59. The zero-order chi connectivity index (χ0) is 28.4. The van der Waals surface area contributed by atoms with Crippen molar-refractivity contribution in [3.8, 4) is 0 Å². The van der Waals surface area contributed by atoms with Crippen molar-refractivity contribution in [3.63, 3.8) is 0 Å². The van der Waals surface area contributed by atoms with Crippen LogP contribution in [0.3, 0.4) is 0 Å². The average molecular weight is 543 g/mol. The number of hydrogen-bond acceptors (Lipinski definition) is 6. The number of carbonyl (C=O) groups excluding carboxylic acids is 4. The fourth-order valence-corrected chi connectivity index (χ4v) is 5.28. The highest BCUT2D eigenvalue weighted by molar-refractivity contribution is 5.91. The molecule has 2 heterocycles. The number of alkyl carbamates (subject to hydrolysis) is 1. The van der Waals surface area contributed by atoms with Gasteiger partial charge in [-0.05, 0) is 31.2 Å². The van der Waals surface area contributed by atoms with E-state index >= 15 is 0 Å². The predicted octanol–water partition coefficient (Wildman–Crippen LogP) is 2.70. The van der Waals surface area contributed by atoms with Crippen molar-refractivity contribution in [1.82, 2.24) is 30.5 Å². The van der Waals surface area contributed by atoms with Gasteiger partial charge in [0, 0.05) is 25.7 Å². The standard InChI is InChI=1S/C28H42N6O5/c1-5-17-39-28(38)29-16-12-15-23-26(36)32(22(6-2)7-3)19-24-33(23)25(35)20-31(8-4)34(24)27(37)30-18-21-13-10-9-11-14-21/h5,9-11,13-14,22-24H,1,6-8,12,15-20H2,2-4H3,(H,29,38)(H,30,37)/t23-,24-/m0/s1. The highest BCUT2D eigenvalue weighted by Gasteiger charge is 2.51. The first kappa shape index (κ1) is 29.9. The number of fused-ring (bicyclic) bond motifs is 1. The number of piperazine rings is 1. The summed E-state index contributed by atoms with van der Waals surface area (Å²) in [4.78, 5) is 56.0. The van der Waals surface area contributed by atoms with Gasteiger partial charge in [-0.1, -0.05) is 63.8 Å². The molecule has 0 spiro atoms. The lowest BCUT2D eigenvalue weighted by Gasteiger charge is -2.56. The van der Waals surface area contributed by atoms with Crippen molar-refractivity contribution in [1.29, 1.82) is 0 Å². The van der Waals surface area contributed by atoms with Crippen molar-refractivity contribution in [2.24, 2.45) is 0 Å². The van der Waals surface area contributed by atoms with Gasteiger partial charge in [0.1, 0.15) is 18.8 Å². The van der Waals surface area contributed by atoms with E-state index in [-0.39, 0.29) is 43.6 Å². The van der Waals surface area contributed by atoms with E-state index in [9.17, 15) is 19.2 Å². The molecule has 0 aromatic heterocycles. The lowest BCUT2D eigenvalue weighted by molar-refractivity contribution is -0.192. The van der Waals surface area contributed by atoms with E-state index in [4.69, 9.17) is 4.74 Å². The monoisotopic (exact) mass is 542 g/mol. The number of hydrogen-bond donors (Lipinski definition) is 2. The third-order valence-electron chi connectivity index (χ3n) is 7.28. The van der Waals surface area contributed by atoms with E-state index in [1.54, 1.807) is 14.9 Å². The van der Waals surface area contributed by atoms with Crippen molar-refractivity contribution < 1.29 is 23.9 Å². The van der Waals surface area contributed by atoms with Gasteiger partial charge in [0.15, 0.2) is 0 Å². The number of urea groups is 1. The Kier molecular flexibility index (Phi) is 11.2. The van der Waals surface area contributed by atoms with Crippen molar-refractivity contribution in [3.05, 3.63) is 48.6 Å². The molecule has 0 aliphatic carbocycles. The summed E-state index contributed by atoms with van der Waals surface area (Å²) in [7, 11) is 0. The smallest absolute Gasteiger partial charge is 0.407 e. The van der Waals surface area contributed by atoms with Crippen LogP contribution in [-0.2, 0) is 20.9 Å². The quantitative estimate of drug-likeness (QED) is 0.310. The molecule has 0 radical (unpaired) electrons. The maximum absolute atomic E-state index is 13.8. The zero-order valence-corrected chi connectivity index (χ0v) is 23.3. The van der Waals surface area contributed by atoms with Gasteiger partial charge < -0.3 is 25.2 Å². The highest BCUT2D eigenvalue weighted by atomic mass is 16.5. The molecule has 2 atom stereocenters. The first-order valence-corrected chi connectivity index (χ1v) is 13.8. The molecule has 5 amide bonds. The van der Waals surface area contributed by atoms with Crippen LogP contribution in [0.15, 0.2) is 43.0 Å². The molecule has 1 aromatic rings. The van der Waals surface area contributed by atoms with Gasteiger partial charge in [0.25, 0.3) is 0 Å². The van der Waals surface area contributed by atoms with Crippen LogP contribution < -0.4 is 10.6 Å². The highest BCUT2D eigenvalue weighted by Crippen LogP contribution is 2.30. The first-order valence-electron chi connectivity index (χ1n) is 13.8. The minimum Gasteiger partial charge on any atom is -0.445 e. The Hall–Kier alpha value is -3.60. The molecule has 2 fully saturated rings. The van der Waals surface area contributed by atoms with Crippen molar-refractivity contribution >= 4 is 23.9 Å². The van der Waals surface area contributed by atoms with Crippen molar-refractivity contribution in [2.45, 2.75) is 71.2 Å². The SMILES string of the molecule is C=CCOC(=O)NCCC[C@H]1C(=O)N(C(CC)CC)C[C@H]2N1C(=O)CN(CC)N2C(=O)NCc1ccccc1. The second kappa shape index (κ2) is 14.5. The van der Waals surface area contributed by atoms with Crippen LogP contribution in [0.2, 0.25) is 0 Å². The molecule has 2 aliphatic rings. The fourth-order valence-electron chi connectivity index (χ4n) is 5.28. The van der Waals surface area contributed by atoms with E-state index < -0.39 is 18.3 Å². The van der Waals surface area contributed by atoms with E-state index in [2.05, 4.69) is 17.2 Å². The summed E-state index contributed by atoms with van der Waals surface area (Å²) in [6.45, 7) is 11.0. The lowest BCUT2D eigenvalue weighted by Crippen LogP contribution is -2.77. The predicted molar refractivity (Wildman–Crippen MR) is 147 cm³/mol. The number of rotatable bonds is 12. The summed E-state index contributed by atoms with van der Waals surface area (Å²) < 4.78 is 4.94. The molecule has 2 aliphatic heterocycles.